The molecule has 7 aromatic heterocycles. The number of nitrogens with one attached hydrogen (secondary N) is 5. The van der Waals surface area contributed by atoms with Crippen molar-refractivity contribution in [2.75, 3.05) is 26.4 Å². The van der Waals surface area contributed by atoms with Gasteiger partial charge in [0.05, 0.1) is 33.1 Å². The maximum atomic E-state index is 13.5. The highest BCUT2D eigenvalue weighted by molar-refractivity contribution is 6.32. The summed E-state index contributed by atoms with van der Waals surface area (Å²) in [5, 5.41) is 29.1. The maximum Gasteiger partial charge on any atom is 0.258 e. The first kappa shape index (κ1) is 88.1. The Hall–Kier alpha value is -12.4. The topological polar surface area (TPSA) is 363 Å². The molecule has 12 fully saturated rings. The standard InChI is InChI=1S/C24H21ClFN3O4.C24H23ClN4O3.C23H22ClFN2O4.C22H22ClN5O3/c1-14-21(22(29-33-14)18-4-2-3-7-27-18)19(30)9-23-11-24(12-23,13-23)28-20(31)10-32-15-5-6-16(25)17(26)8-15;1-16-10-18(5-6-20(16)25)32-12-17(30)11-23-13-24(14-23,15-23)28-22(31)19-4-2-7-26-21(19)29-9-3-8-27-29;1-14(28)6-16-3-2-15(9-26-16)20(29)8-22-11-23(12-22,13-22)27-21(30)10-31-17-4-5-18(24)19(25)7-17;1-13-6-24-19-16(7-25-28(19)8-13)20(30)27-22-10-21(11-22,12-22)26-18(29)9-31-15-3-4-17(23)14(2)5-15/h2-8H,9-13H2,1H3,(H,28,31);2-10H,11-15H2,1H3,(H,28,31);2-5,7,9H,6,8,10-13H2,1H3,(H,27,30);3-8H,9-12H2,1-2H3,(H,26,29)(H,27,30). The van der Waals surface area contributed by atoms with E-state index in [1.165, 1.54) is 43.6 Å². The van der Waals surface area contributed by atoms with Gasteiger partial charge in [-0.1, -0.05) is 57.6 Å². The van der Waals surface area contributed by atoms with Crippen molar-refractivity contribution in [1.82, 2.24) is 71.1 Å². The molecule has 0 spiro atoms. The van der Waals surface area contributed by atoms with E-state index in [9.17, 15) is 51.9 Å². The minimum absolute atomic E-state index is 0.00550. The Bertz CT molecular complexity index is 6110. The lowest BCUT2D eigenvalue weighted by molar-refractivity contribution is -0.165. The lowest BCUT2D eigenvalue weighted by Crippen LogP contribution is -2.84. The highest BCUT2D eigenvalue weighted by Crippen LogP contribution is 2.71. The van der Waals surface area contributed by atoms with Crippen LogP contribution in [0.4, 0.5) is 8.78 Å². The van der Waals surface area contributed by atoms with Gasteiger partial charge in [-0.3, -0.25) is 53.1 Å². The second-order valence-electron chi connectivity index (χ2n) is 35.5. The number of fused-ring (bicyclic) bond motifs is 1. The second kappa shape index (κ2) is 35.1. The summed E-state index contributed by atoms with van der Waals surface area (Å²) in [6.07, 6.45) is 23.9. The molecule has 0 radical (unpaired) electrons. The fourth-order valence-corrected chi connectivity index (χ4v) is 20.2. The van der Waals surface area contributed by atoms with E-state index in [0.29, 0.717) is 117 Å². The Morgan fingerprint density at radius 3 is 1.47 bits per heavy atom. The van der Waals surface area contributed by atoms with Gasteiger partial charge in [-0.15, -0.1) is 0 Å². The van der Waals surface area contributed by atoms with Crippen LogP contribution in [0.1, 0.15) is 173 Å². The summed E-state index contributed by atoms with van der Waals surface area (Å²) < 4.78 is 57.3. The average molecular weight is 1810 g/mol. The number of aromatic nitrogens is 9. The molecule has 23 rings (SSSR count). The smallest absolute Gasteiger partial charge is 0.258 e. The van der Waals surface area contributed by atoms with Crippen LogP contribution in [0.2, 0.25) is 20.1 Å². The maximum absolute atomic E-state index is 13.5. The van der Waals surface area contributed by atoms with E-state index in [-0.39, 0.29) is 151 Å². The number of nitrogens with zero attached hydrogens (tertiary/aromatic N) is 9. The second-order valence-corrected chi connectivity index (χ2v) is 37.1. The molecular weight excluding hydrogens is 1720 g/mol. The van der Waals surface area contributed by atoms with Gasteiger partial charge in [0, 0.05) is 130 Å². The molecule has 12 saturated carbocycles. The molecule has 656 valence electrons. The first-order chi connectivity index (χ1) is 60.6. The van der Waals surface area contributed by atoms with Crippen LogP contribution < -0.4 is 45.5 Å². The number of ketones is 4. The van der Waals surface area contributed by atoms with Crippen molar-refractivity contribution < 1.29 is 75.4 Å². The normalized spacial score (nSPS) is 23.2. The summed E-state index contributed by atoms with van der Waals surface area (Å²) in [6, 6.07) is 32.8. The molecule has 12 aliphatic rings. The molecule has 12 aliphatic carbocycles. The third kappa shape index (κ3) is 19.3. The summed E-state index contributed by atoms with van der Waals surface area (Å²) in [5.41, 5.74) is 5.49. The van der Waals surface area contributed by atoms with Crippen molar-refractivity contribution in [3.63, 3.8) is 0 Å². The number of pyridine rings is 3. The van der Waals surface area contributed by atoms with Crippen LogP contribution in [0.15, 0.2) is 175 Å². The molecule has 0 saturated heterocycles. The van der Waals surface area contributed by atoms with E-state index < -0.39 is 11.6 Å². The van der Waals surface area contributed by atoms with Crippen LogP contribution in [0, 0.1) is 55.6 Å². The van der Waals surface area contributed by atoms with Crippen molar-refractivity contribution in [1.29, 1.82) is 0 Å². The summed E-state index contributed by atoms with van der Waals surface area (Å²) in [4.78, 5) is 129. The van der Waals surface area contributed by atoms with Crippen molar-refractivity contribution in [3.8, 4) is 40.2 Å². The molecule has 7 heterocycles. The predicted molar refractivity (Wildman–Crippen MR) is 463 cm³/mol. The van der Waals surface area contributed by atoms with Crippen LogP contribution in [-0.2, 0) is 30.4 Å². The molecule has 28 nitrogen and oxygen atoms in total. The first-order valence-electron chi connectivity index (χ1n) is 41.3. The van der Waals surface area contributed by atoms with Gasteiger partial charge in [0.1, 0.15) is 64.0 Å². The Morgan fingerprint density at radius 2 is 0.969 bits per heavy atom. The summed E-state index contributed by atoms with van der Waals surface area (Å²) in [6.45, 7) is 8.48. The molecule has 4 aromatic carbocycles. The third-order valence-electron chi connectivity index (χ3n) is 24.7. The summed E-state index contributed by atoms with van der Waals surface area (Å²) in [5.74, 6) is 0.516. The first-order valence-corrected chi connectivity index (χ1v) is 42.8. The van der Waals surface area contributed by atoms with E-state index in [1.807, 2.05) is 39.1 Å². The Labute approximate surface area is 747 Å². The molecule has 0 unspecified atom stereocenters. The van der Waals surface area contributed by atoms with E-state index in [1.54, 1.807) is 120 Å². The van der Waals surface area contributed by atoms with Crippen LogP contribution in [0.3, 0.4) is 0 Å². The molecule has 127 heavy (non-hydrogen) atoms. The largest absolute Gasteiger partial charge is 0.486 e. The number of ether oxygens (including phenoxy) is 4. The number of aryl methyl sites for hydroxylation is 4. The molecule has 0 atom stereocenters. The molecule has 8 bridgehead atoms. The zero-order chi connectivity index (χ0) is 89.6. The van der Waals surface area contributed by atoms with Crippen LogP contribution in [0.5, 0.6) is 23.0 Å². The van der Waals surface area contributed by atoms with Gasteiger partial charge in [0.2, 0.25) is 0 Å². The van der Waals surface area contributed by atoms with Gasteiger partial charge in [0.15, 0.2) is 48.6 Å². The van der Waals surface area contributed by atoms with E-state index in [0.717, 1.165) is 86.6 Å². The minimum Gasteiger partial charge on any atom is -0.486 e. The highest BCUT2D eigenvalue weighted by atomic mass is 35.5. The van der Waals surface area contributed by atoms with Gasteiger partial charge >= 0.3 is 0 Å². The van der Waals surface area contributed by atoms with Crippen molar-refractivity contribution in [2.45, 2.75) is 165 Å². The molecule has 5 amide bonds. The molecule has 11 aromatic rings. The van der Waals surface area contributed by atoms with Crippen LogP contribution >= 0.6 is 46.4 Å². The van der Waals surface area contributed by atoms with Gasteiger partial charge < -0.3 is 50.1 Å². The summed E-state index contributed by atoms with van der Waals surface area (Å²) >= 11 is 23.3. The molecule has 5 N–H and O–H groups in total. The lowest BCUT2D eigenvalue weighted by Gasteiger charge is -2.70. The molecule has 0 aliphatic heterocycles. The van der Waals surface area contributed by atoms with Gasteiger partial charge in [0.25, 0.3) is 29.5 Å². The number of hydrogen-bond donors (Lipinski definition) is 5. The number of amides is 5. The van der Waals surface area contributed by atoms with Crippen molar-refractivity contribution >= 4 is 105 Å². The zero-order valence-corrected chi connectivity index (χ0v) is 72.8. The van der Waals surface area contributed by atoms with Crippen LogP contribution in [0.25, 0.3) is 22.9 Å². The Kier molecular flexibility index (Phi) is 24.3. The van der Waals surface area contributed by atoms with E-state index in [4.69, 9.17) is 69.9 Å². The summed E-state index contributed by atoms with van der Waals surface area (Å²) in [7, 11) is 0. The Morgan fingerprint density at radius 1 is 0.472 bits per heavy atom. The highest BCUT2D eigenvalue weighted by Gasteiger charge is 2.72. The number of carbonyl (C=O) groups is 9. The number of hydrogen-bond acceptors (Lipinski definition) is 21. The Balaban J connectivity index is 0.000000125. The quantitative estimate of drug-likeness (QED) is 0.0252. The molecular formula is C93H88Cl4F2N14O14. The fourth-order valence-electron chi connectivity index (χ4n) is 19.7. The molecule has 34 heteroatoms. The number of carbonyl (C=O) groups excluding carboxylic acids is 9. The number of benzene rings is 4. The van der Waals surface area contributed by atoms with Crippen molar-refractivity contribution in [3.05, 3.63) is 253 Å². The predicted octanol–water partition coefficient (Wildman–Crippen LogP) is 14.7. The number of halogens is 6. The van der Waals surface area contributed by atoms with E-state index in [2.05, 4.69) is 61.9 Å². The monoisotopic (exact) mass is 1800 g/mol. The zero-order valence-electron chi connectivity index (χ0n) is 69.8. The minimum atomic E-state index is -0.603. The van der Waals surface area contributed by atoms with Gasteiger partial charge in [-0.05, 0) is 248 Å². The van der Waals surface area contributed by atoms with E-state index >= 15 is 0 Å². The number of rotatable bonds is 31. The fraction of sp³-hybridized carbons (Fsp3) is 0.355. The SMILES string of the molecule is CC(=O)Cc1ccc(C(=O)CC23CC(NC(=O)COc4ccc(Cl)c(F)c4)(C2)C3)cn1.Cc1cc(OCC(=O)CC23CC(NC(=O)c4cccnc4-n4cccn4)(C2)C3)ccc1Cl.Cc1cnc2c(C(=O)NC34CC(NC(=O)COc5ccc(Cl)c(C)c5)(C3)C4)cnn2c1.Cc1onc(-c2ccccn2)c1C(=O)CC12CC(NC(=O)COc3ccc(Cl)c(F)c3)(C1)C2. The van der Waals surface area contributed by atoms with Gasteiger partial charge in [-0.2, -0.15) is 10.2 Å². The van der Waals surface area contributed by atoms with Gasteiger partial charge in [-0.25, -0.2) is 27.9 Å². The number of Topliss-reactive ketones (excluding diaryl/α,β-unsaturated/α-hetero) is 4. The van der Waals surface area contributed by atoms with Crippen molar-refractivity contribution in [2.24, 2.45) is 16.2 Å². The average Bonchev–Trinajstić information content (AvgIpc) is 1.14. The van der Waals surface area contributed by atoms with Crippen LogP contribution in [-0.4, -0.2) is 151 Å². The lowest BCUT2D eigenvalue weighted by atomic mass is 9.38. The third-order valence-corrected chi connectivity index (χ3v) is 26.2.